The average molecular weight is 240 g/mol. The zero-order valence-corrected chi connectivity index (χ0v) is 10.9. The maximum absolute atomic E-state index is 11.6. The third-order valence-electron chi connectivity index (χ3n) is 3.92. The zero-order valence-electron chi connectivity index (χ0n) is 10.9. The van der Waals surface area contributed by atoms with Gasteiger partial charge in [0.25, 0.3) is 0 Å². The van der Waals surface area contributed by atoms with Crippen molar-refractivity contribution in [1.29, 1.82) is 0 Å². The highest BCUT2D eigenvalue weighted by Gasteiger charge is 2.40. The lowest BCUT2D eigenvalue weighted by atomic mass is 9.79. The molecule has 17 heavy (non-hydrogen) atoms. The molecule has 3 nitrogen and oxygen atoms in total. The van der Waals surface area contributed by atoms with Crippen LogP contribution in [0.4, 0.5) is 0 Å². The van der Waals surface area contributed by atoms with E-state index < -0.39 is 5.97 Å². The van der Waals surface area contributed by atoms with Crippen molar-refractivity contribution in [2.24, 2.45) is 17.8 Å². The van der Waals surface area contributed by atoms with E-state index in [4.69, 9.17) is 0 Å². The van der Waals surface area contributed by atoms with E-state index in [1.54, 1.807) is 0 Å². The Kier molecular flexibility index (Phi) is 5.66. The lowest BCUT2D eigenvalue weighted by Gasteiger charge is -2.24. The third kappa shape index (κ3) is 3.83. The predicted molar refractivity (Wildman–Crippen MR) is 66.8 cm³/mol. The monoisotopic (exact) mass is 240 g/mol. The van der Waals surface area contributed by atoms with Gasteiger partial charge < -0.3 is 5.11 Å². The molecular weight excluding hydrogens is 216 g/mol. The van der Waals surface area contributed by atoms with Gasteiger partial charge in [-0.05, 0) is 24.7 Å². The molecule has 0 heterocycles. The number of rotatable bonds is 7. The molecular formula is C14H24O3. The number of carbonyl (C=O) groups excluding carboxylic acids is 1. The predicted octanol–water partition coefficient (Wildman–Crippen LogP) is 3.27. The minimum absolute atomic E-state index is 0.0894. The maximum atomic E-state index is 11.6. The van der Waals surface area contributed by atoms with E-state index in [0.717, 1.165) is 25.7 Å². The summed E-state index contributed by atoms with van der Waals surface area (Å²) in [5.74, 6) is -0.360. The van der Waals surface area contributed by atoms with E-state index in [1.165, 1.54) is 0 Å². The van der Waals surface area contributed by atoms with Gasteiger partial charge in [0.2, 0.25) is 0 Å². The van der Waals surface area contributed by atoms with Crippen LogP contribution in [-0.4, -0.2) is 16.9 Å². The summed E-state index contributed by atoms with van der Waals surface area (Å²) >= 11 is 0. The summed E-state index contributed by atoms with van der Waals surface area (Å²) in [7, 11) is 0. The van der Waals surface area contributed by atoms with E-state index in [0.29, 0.717) is 25.2 Å². The molecule has 3 atom stereocenters. The topological polar surface area (TPSA) is 54.4 Å². The molecule has 0 aromatic rings. The molecule has 0 saturated heterocycles. The van der Waals surface area contributed by atoms with Crippen molar-refractivity contribution in [3.63, 3.8) is 0 Å². The molecule has 0 bridgehead atoms. The van der Waals surface area contributed by atoms with Crippen molar-refractivity contribution in [2.45, 2.75) is 58.8 Å². The summed E-state index contributed by atoms with van der Waals surface area (Å²) in [6.07, 6.45) is 5.91. The molecule has 0 radical (unpaired) electrons. The molecule has 0 aliphatic heterocycles. The van der Waals surface area contributed by atoms with E-state index in [2.05, 4.69) is 6.92 Å². The fourth-order valence-corrected chi connectivity index (χ4v) is 3.04. The second kappa shape index (κ2) is 6.77. The van der Waals surface area contributed by atoms with Crippen LogP contribution >= 0.6 is 0 Å². The van der Waals surface area contributed by atoms with Crippen molar-refractivity contribution in [3.8, 4) is 0 Å². The van der Waals surface area contributed by atoms with Crippen molar-refractivity contribution in [1.82, 2.24) is 0 Å². The van der Waals surface area contributed by atoms with Crippen LogP contribution in [0, 0.1) is 17.8 Å². The largest absolute Gasteiger partial charge is 0.481 e. The molecule has 1 saturated carbocycles. The Labute approximate surface area is 104 Å². The van der Waals surface area contributed by atoms with Crippen LogP contribution in [0.3, 0.4) is 0 Å². The van der Waals surface area contributed by atoms with Crippen LogP contribution in [-0.2, 0) is 9.59 Å². The quantitative estimate of drug-likeness (QED) is 0.743. The van der Waals surface area contributed by atoms with Crippen LogP contribution in [0.2, 0.25) is 0 Å². The second-order valence-corrected chi connectivity index (χ2v) is 5.25. The third-order valence-corrected chi connectivity index (χ3v) is 3.92. The number of Topliss-reactive ketones (excluding diaryl/α,β-unsaturated/α-hetero) is 1. The van der Waals surface area contributed by atoms with Gasteiger partial charge in [-0.1, -0.05) is 33.1 Å². The summed E-state index contributed by atoms with van der Waals surface area (Å²) in [5.41, 5.74) is 0. The molecule has 1 rings (SSSR count). The Morgan fingerprint density at radius 1 is 1.35 bits per heavy atom. The Balaban J connectivity index is 2.69. The molecule has 98 valence electrons. The molecule has 1 aliphatic rings. The fraction of sp³-hybridized carbons (Fsp3) is 0.857. The fourth-order valence-electron chi connectivity index (χ4n) is 3.04. The van der Waals surface area contributed by atoms with Gasteiger partial charge >= 0.3 is 5.97 Å². The summed E-state index contributed by atoms with van der Waals surface area (Å²) in [4.78, 5) is 22.9. The van der Waals surface area contributed by atoms with Gasteiger partial charge in [-0.3, -0.25) is 9.59 Å². The van der Waals surface area contributed by atoms with Crippen molar-refractivity contribution in [3.05, 3.63) is 0 Å². The van der Waals surface area contributed by atoms with Gasteiger partial charge in [0, 0.05) is 12.8 Å². The lowest BCUT2D eigenvalue weighted by Crippen LogP contribution is -2.26. The first-order chi connectivity index (χ1) is 8.10. The lowest BCUT2D eigenvalue weighted by molar-refractivity contribution is -0.144. The molecule has 0 spiro atoms. The van der Waals surface area contributed by atoms with Crippen LogP contribution in [0.15, 0.2) is 0 Å². The van der Waals surface area contributed by atoms with Gasteiger partial charge in [0.1, 0.15) is 5.78 Å². The number of unbranched alkanes of at least 4 members (excludes halogenated alkanes) is 1. The summed E-state index contributed by atoms with van der Waals surface area (Å²) in [6, 6.07) is 0. The highest BCUT2D eigenvalue weighted by Crippen LogP contribution is 2.39. The summed E-state index contributed by atoms with van der Waals surface area (Å²) in [5, 5.41) is 9.28. The average Bonchev–Trinajstić information content (AvgIpc) is 2.63. The minimum atomic E-state index is -0.715. The van der Waals surface area contributed by atoms with E-state index in [1.807, 2.05) is 6.92 Å². The molecule has 0 aromatic heterocycles. The van der Waals surface area contributed by atoms with Gasteiger partial charge in [-0.25, -0.2) is 0 Å². The number of aliphatic carboxylic acids is 1. The van der Waals surface area contributed by atoms with E-state index >= 15 is 0 Å². The van der Waals surface area contributed by atoms with Crippen LogP contribution in [0.1, 0.15) is 58.8 Å². The minimum Gasteiger partial charge on any atom is -0.481 e. The molecule has 1 N–H and O–H groups in total. The standard InChI is InChI=1S/C14H24O3/c1-3-5-7-10-8-11(15)9-13(10)12(6-4-2)14(16)17/h10,12-13H,3-9H2,1-2H3,(H,16,17). The van der Waals surface area contributed by atoms with E-state index in [-0.39, 0.29) is 17.6 Å². The normalized spacial score (nSPS) is 26.1. The van der Waals surface area contributed by atoms with Gasteiger partial charge in [-0.15, -0.1) is 0 Å². The van der Waals surface area contributed by atoms with Gasteiger partial charge in [-0.2, -0.15) is 0 Å². The van der Waals surface area contributed by atoms with Crippen LogP contribution < -0.4 is 0 Å². The Morgan fingerprint density at radius 2 is 2.06 bits per heavy atom. The Morgan fingerprint density at radius 3 is 2.59 bits per heavy atom. The molecule has 3 unspecified atom stereocenters. The van der Waals surface area contributed by atoms with Crippen molar-refractivity contribution < 1.29 is 14.7 Å². The molecule has 0 aromatic carbocycles. The van der Waals surface area contributed by atoms with Crippen LogP contribution in [0.5, 0.6) is 0 Å². The van der Waals surface area contributed by atoms with Crippen molar-refractivity contribution >= 4 is 11.8 Å². The molecule has 0 amide bonds. The number of hydrogen-bond acceptors (Lipinski definition) is 2. The SMILES string of the molecule is CCCCC1CC(=O)CC1C(CCC)C(=O)O. The van der Waals surface area contributed by atoms with Crippen molar-refractivity contribution in [2.75, 3.05) is 0 Å². The first-order valence-electron chi connectivity index (χ1n) is 6.84. The molecule has 1 aliphatic carbocycles. The van der Waals surface area contributed by atoms with Gasteiger partial charge in [0.15, 0.2) is 0 Å². The number of ketones is 1. The number of carboxylic acid groups (broad SMARTS) is 1. The first-order valence-corrected chi connectivity index (χ1v) is 6.84. The summed E-state index contributed by atoms with van der Waals surface area (Å²) in [6.45, 7) is 4.14. The molecule has 3 heteroatoms. The number of carboxylic acids is 1. The van der Waals surface area contributed by atoms with E-state index in [9.17, 15) is 14.7 Å². The smallest absolute Gasteiger partial charge is 0.306 e. The van der Waals surface area contributed by atoms with Gasteiger partial charge in [0.05, 0.1) is 5.92 Å². The maximum Gasteiger partial charge on any atom is 0.306 e. The second-order valence-electron chi connectivity index (χ2n) is 5.25. The highest BCUT2D eigenvalue weighted by molar-refractivity contribution is 5.82. The Hall–Kier alpha value is -0.860. The Bertz CT molecular complexity index is 273. The highest BCUT2D eigenvalue weighted by atomic mass is 16.4. The molecule has 1 fully saturated rings. The zero-order chi connectivity index (χ0) is 12.8. The number of carbonyl (C=O) groups is 2. The summed E-state index contributed by atoms with van der Waals surface area (Å²) < 4.78 is 0. The number of hydrogen-bond donors (Lipinski definition) is 1. The first kappa shape index (κ1) is 14.2. The van der Waals surface area contributed by atoms with Crippen LogP contribution in [0.25, 0.3) is 0 Å².